The van der Waals surface area contributed by atoms with Gasteiger partial charge in [0, 0.05) is 42.3 Å². The number of nitrogens with zero attached hydrogens (tertiary/aromatic N) is 2. The molecule has 0 aliphatic rings. The van der Waals surface area contributed by atoms with E-state index in [0.717, 1.165) is 11.0 Å². The van der Waals surface area contributed by atoms with Crippen LogP contribution in [-0.2, 0) is 0 Å². The van der Waals surface area contributed by atoms with Gasteiger partial charge in [-0.1, -0.05) is 38.1 Å². The van der Waals surface area contributed by atoms with Crippen molar-refractivity contribution in [3.05, 3.63) is 79.0 Å². The largest absolute Gasteiger partial charge is 0.308 e. The van der Waals surface area contributed by atoms with E-state index in [0.29, 0.717) is 0 Å². The summed E-state index contributed by atoms with van der Waals surface area (Å²) in [6.07, 6.45) is 4.01. The molecule has 3 aromatic heterocycles. The lowest BCUT2D eigenvalue weighted by Crippen LogP contribution is -1.93. The zero-order chi connectivity index (χ0) is 20.7. The first-order chi connectivity index (χ1) is 14.8. The van der Waals surface area contributed by atoms with Gasteiger partial charge in [0.2, 0.25) is 0 Å². The van der Waals surface area contributed by atoms with E-state index in [2.05, 4.69) is 77.6 Å². The first-order valence-corrected chi connectivity index (χ1v) is 12.2. The molecule has 0 bridgehead atoms. The van der Waals surface area contributed by atoms with Crippen molar-refractivity contribution in [2.75, 3.05) is 6.26 Å². The standard InChI is InChI=1S/C24H16N2S2.C2H6/c1-27-16-10-8-15(9-11-16)26-19-13-12-18-17-5-2-3-7-21(17)28-24(18)22(19)23-20(26)6-4-14-25-23;1-2/h2-14H,1H3;1-2H3. The van der Waals surface area contributed by atoms with E-state index < -0.39 is 0 Å². The van der Waals surface area contributed by atoms with Gasteiger partial charge in [0.05, 0.1) is 16.6 Å². The Labute approximate surface area is 184 Å². The summed E-state index contributed by atoms with van der Waals surface area (Å²) in [5, 5.41) is 3.89. The minimum atomic E-state index is 1.07. The highest BCUT2D eigenvalue weighted by Gasteiger charge is 2.17. The van der Waals surface area contributed by atoms with Crippen molar-refractivity contribution in [2.45, 2.75) is 18.7 Å². The summed E-state index contributed by atoms with van der Waals surface area (Å²) >= 11 is 3.63. The molecule has 0 saturated carbocycles. The van der Waals surface area contributed by atoms with Crippen molar-refractivity contribution in [2.24, 2.45) is 0 Å². The fourth-order valence-corrected chi connectivity index (χ4v) is 5.76. The van der Waals surface area contributed by atoms with Crippen LogP contribution < -0.4 is 0 Å². The zero-order valence-corrected chi connectivity index (χ0v) is 18.8. The predicted molar refractivity (Wildman–Crippen MR) is 135 cm³/mol. The Morgan fingerprint density at radius 1 is 0.800 bits per heavy atom. The van der Waals surface area contributed by atoms with E-state index in [1.807, 2.05) is 37.4 Å². The lowest BCUT2D eigenvalue weighted by Gasteiger charge is -2.08. The first-order valence-electron chi connectivity index (χ1n) is 10.2. The van der Waals surface area contributed by atoms with Gasteiger partial charge in [-0.2, -0.15) is 0 Å². The lowest BCUT2D eigenvalue weighted by molar-refractivity contribution is 1.17. The van der Waals surface area contributed by atoms with E-state index in [1.54, 1.807) is 11.8 Å². The van der Waals surface area contributed by atoms with Gasteiger partial charge in [-0.25, -0.2) is 0 Å². The van der Waals surface area contributed by atoms with E-state index in [9.17, 15) is 0 Å². The molecule has 3 heterocycles. The highest BCUT2D eigenvalue weighted by molar-refractivity contribution is 7.98. The summed E-state index contributed by atoms with van der Waals surface area (Å²) in [7, 11) is 0. The first kappa shape index (κ1) is 19.2. The molecule has 2 nitrogen and oxygen atoms in total. The minimum absolute atomic E-state index is 1.07. The van der Waals surface area contributed by atoms with Crippen molar-refractivity contribution in [3.8, 4) is 5.69 Å². The van der Waals surface area contributed by atoms with Crippen LogP contribution in [0.5, 0.6) is 0 Å². The molecule has 4 heteroatoms. The average molecular weight is 427 g/mol. The van der Waals surface area contributed by atoms with Crippen molar-refractivity contribution in [1.29, 1.82) is 0 Å². The van der Waals surface area contributed by atoms with E-state index in [4.69, 9.17) is 4.98 Å². The molecule has 0 amide bonds. The third-order valence-electron chi connectivity index (χ3n) is 5.36. The normalized spacial score (nSPS) is 11.3. The van der Waals surface area contributed by atoms with Crippen molar-refractivity contribution in [1.82, 2.24) is 9.55 Å². The van der Waals surface area contributed by atoms with Crippen LogP contribution >= 0.6 is 23.1 Å². The molecule has 0 saturated heterocycles. The summed E-state index contributed by atoms with van der Waals surface area (Å²) in [5.41, 5.74) is 4.61. The van der Waals surface area contributed by atoms with Crippen molar-refractivity contribution < 1.29 is 0 Å². The van der Waals surface area contributed by atoms with Gasteiger partial charge >= 0.3 is 0 Å². The van der Waals surface area contributed by atoms with Gasteiger partial charge in [-0.05, 0) is 54.8 Å². The number of hydrogen-bond acceptors (Lipinski definition) is 3. The van der Waals surface area contributed by atoms with Crippen LogP contribution in [0.25, 0.3) is 47.8 Å². The molecule has 0 aliphatic carbocycles. The summed E-state index contributed by atoms with van der Waals surface area (Å²) in [6, 6.07) is 26.1. The number of thiophene rings is 1. The van der Waals surface area contributed by atoms with Crippen LogP contribution in [0.15, 0.2) is 83.9 Å². The third-order valence-corrected chi connectivity index (χ3v) is 7.31. The summed E-state index contributed by atoms with van der Waals surface area (Å²) in [4.78, 5) is 6.06. The van der Waals surface area contributed by atoms with E-state index in [-0.39, 0.29) is 0 Å². The Morgan fingerprint density at radius 3 is 2.40 bits per heavy atom. The molecule has 148 valence electrons. The van der Waals surface area contributed by atoms with Crippen LogP contribution in [0, 0.1) is 0 Å². The Morgan fingerprint density at radius 2 is 1.60 bits per heavy atom. The van der Waals surface area contributed by atoms with Crippen LogP contribution in [-0.4, -0.2) is 15.8 Å². The van der Waals surface area contributed by atoms with Crippen LogP contribution in [0.3, 0.4) is 0 Å². The molecule has 0 aliphatic heterocycles. The second-order valence-corrected chi connectivity index (χ2v) is 8.77. The molecule has 3 aromatic carbocycles. The number of rotatable bonds is 2. The van der Waals surface area contributed by atoms with Crippen LogP contribution in [0.4, 0.5) is 0 Å². The molecular weight excluding hydrogens is 404 g/mol. The minimum Gasteiger partial charge on any atom is -0.308 e. The van der Waals surface area contributed by atoms with Crippen LogP contribution in [0.1, 0.15) is 13.8 Å². The number of benzene rings is 3. The average Bonchev–Trinajstić information content (AvgIpc) is 3.36. The molecule has 6 rings (SSSR count). The molecule has 30 heavy (non-hydrogen) atoms. The number of hydrogen-bond donors (Lipinski definition) is 0. The second kappa shape index (κ2) is 7.78. The third kappa shape index (κ3) is 2.83. The molecule has 0 radical (unpaired) electrons. The number of fused-ring (bicyclic) bond motifs is 7. The van der Waals surface area contributed by atoms with Crippen molar-refractivity contribution in [3.63, 3.8) is 0 Å². The Hall–Kier alpha value is -2.82. The fourth-order valence-electron chi connectivity index (χ4n) is 4.10. The maximum Gasteiger partial charge on any atom is 0.0977 e. The molecular formula is C26H22N2S2. The molecule has 0 unspecified atom stereocenters. The zero-order valence-electron chi connectivity index (χ0n) is 17.2. The molecule has 0 fully saturated rings. The summed E-state index contributed by atoms with van der Waals surface area (Å²) < 4.78 is 4.99. The number of pyridine rings is 1. The number of aromatic nitrogens is 2. The highest BCUT2D eigenvalue weighted by Crippen LogP contribution is 2.42. The molecule has 6 aromatic rings. The van der Waals surface area contributed by atoms with Crippen molar-refractivity contribution >= 4 is 65.2 Å². The van der Waals surface area contributed by atoms with Gasteiger partial charge in [0.1, 0.15) is 0 Å². The maximum absolute atomic E-state index is 4.79. The lowest BCUT2D eigenvalue weighted by atomic mass is 10.1. The van der Waals surface area contributed by atoms with Gasteiger partial charge < -0.3 is 4.57 Å². The smallest absolute Gasteiger partial charge is 0.0977 e. The summed E-state index contributed by atoms with van der Waals surface area (Å²) in [6.45, 7) is 4.00. The SMILES string of the molecule is CC.CSc1ccc(-n2c3cccnc3c3c4sc5ccccc5c4ccc32)cc1. The molecule has 0 spiro atoms. The fraction of sp³-hybridized carbons (Fsp3) is 0.115. The predicted octanol–water partition coefficient (Wildman–Crippen LogP) is 8.29. The Bertz CT molecular complexity index is 1490. The highest BCUT2D eigenvalue weighted by atomic mass is 32.2. The van der Waals surface area contributed by atoms with E-state index in [1.165, 1.54) is 41.7 Å². The van der Waals surface area contributed by atoms with Gasteiger partial charge in [-0.15, -0.1) is 23.1 Å². The van der Waals surface area contributed by atoms with Gasteiger partial charge in [0.15, 0.2) is 0 Å². The second-order valence-electron chi connectivity index (χ2n) is 6.84. The molecule has 0 N–H and O–H groups in total. The maximum atomic E-state index is 4.79. The van der Waals surface area contributed by atoms with Gasteiger partial charge in [0.25, 0.3) is 0 Å². The number of thioether (sulfide) groups is 1. The van der Waals surface area contributed by atoms with Crippen LogP contribution in [0.2, 0.25) is 0 Å². The topological polar surface area (TPSA) is 17.8 Å². The monoisotopic (exact) mass is 426 g/mol. The Balaban J connectivity index is 0.000000937. The Kier molecular flexibility index (Phi) is 4.97. The quantitative estimate of drug-likeness (QED) is 0.259. The summed E-state index contributed by atoms with van der Waals surface area (Å²) in [5.74, 6) is 0. The van der Waals surface area contributed by atoms with E-state index >= 15 is 0 Å². The molecule has 0 atom stereocenters. The van der Waals surface area contributed by atoms with Gasteiger partial charge in [-0.3, -0.25) is 4.98 Å².